The minimum Gasteiger partial charge on any atom is -0.424 e. The zero-order valence-corrected chi connectivity index (χ0v) is 13.2. The van der Waals surface area contributed by atoms with Crippen molar-refractivity contribution in [2.24, 2.45) is 22.2 Å². The molecule has 0 N–H and O–H groups in total. The number of ether oxygens (including phenoxy) is 1. The molecular weight excluding hydrogens is 264 g/mol. The highest BCUT2D eigenvalue weighted by Gasteiger charge is 2.40. The third-order valence-corrected chi connectivity index (χ3v) is 5.93. The van der Waals surface area contributed by atoms with Gasteiger partial charge in [0.1, 0.15) is 6.10 Å². The van der Waals surface area contributed by atoms with E-state index in [4.69, 9.17) is 10.00 Å². The van der Waals surface area contributed by atoms with Crippen LogP contribution in [-0.2, 0) is 9.53 Å². The van der Waals surface area contributed by atoms with E-state index in [1.807, 2.05) is 6.26 Å². The van der Waals surface area contributed by atoms with Gasteiger partial charge in [-0.3, -0.25) is 0 Å². The zero-order valence-electron chi connectivity index (χ0n) is 13.2. The Bertz CT molecular complexity index is 419. The normalized spacial score (nSPS) is 33.6. The standard InChI is InChI=1S/C17H26N2O2/c1-17(2,13-3-7-15(8-4-13)19-12-20)14-5-9-16(10-6-14)21-11-18/h13-16H,3-10H2,1-2H3. The van der Waals surface area contributed by atoms with Gasteiger partial charge in [-0.15, -0.1) is 0 Å². The summed E-state index contributed by atoms with van der Waals surface area (Å²) in [6, 6.07) is 0.203. The lowest BCUT2D eigenvalue weighted by Gasteiger charge is -2.46. The maximum atomic E-state index is 10.4. The molecule has 2 saturated carbocycles. The third kappa shape index (κ3) is 3.86. The second-order valence-corrected chi connectivity index (χ2v) is 7.23. The summed E-state index contributed by atoms with van der Waals surface area (Å²) in [6.07, 6.45) is 12.4. The average Bonchev–Trinajstić information content (AvgIpc) is 2.49. The van der Waals surface area contributed by atoms with Gasteiger partial charge in [0.15, 0.2) is 0 Å². The predicted molar refractivity (Wildman–Crippen MR) is 80.1 cm³/mol. The summed E-state index contributed by atoms with van der Waals surface area (Å²) in [5.74, 6) is 1.43. The first kappa shape index (κ1) is 16.0. The molecule has 21 heavy (non-hydrogen) atoms. The highest BCUT2D eigenvalue weighted by Crippen LogP contribution is 2.48. The van der Waals surface area contributed by atoms with Crippen molar-refractivity contribution in [2.45, 2.75) is 77.4 Å². The molecule has 0 aromatic rings. The smallest absolute Gasteiger partial charge is 0.286 e. The maximum absolute atomic E-state index is 10.4. The van der Waals surface area contributed by atoms with Crippen LogP contribution in [0.4, 0.5) is 0 Å². The molecule has 0 atom stereocenters. The minimum absolute atomic E-state index is 0.139. The fourth-order valence-corrected chi connectivity index (χ4v) is 4.36. The van der Waals surface area contributed by atoms with E-state index in [1.165, 1.54) is 0 Å². The molecule has 2 fully saturated rings. The summed E-state index contributed by atoms with van der Waals surface area (Å²) in [7, 11) is 0. The topological polar surface area (TPSA) is 62.4 Å². The molecule has 0 aromatic heterocycles. The van der Waals surface area contributed by atoms with Crippen molar-refractivity contribution >= 4 is 6.08 Å². The number of nitrogens with zero attached hydrogens (tertiary/aromatic N) is 2. The molecule has 2 rings (SSSR count). The van der Waals surface area contributed by atoms with E-state index < -0.39 is 0 Å². The van der Waals surface area contributed by atoms with Crippen LogP contribution in [0, 0.1) is 28.8 Å². The van der Waals surface area contributed by atoms with Crippen molar-refractivity contribution in [2.75, 3.05) is 0 Å². The second-order valence-electron chi connectivity index (χ2n) is 7.23. The van der Waals surface area contributed by atoms with E-state index in [1.54, 1.807) is 6.08 Å². The number of hydrogen-bond donors (Lipinski definition) is 0. The Morgan fingerprint density at radius 3 is 2.00 bits per heavy atom. The first-order valence-electron chi connectivity index (χ1n) is 8.19. The molecule has 0 unspecified atom stereocenters. The molecule has 0 spiro atoms. The Labute approximate surface area is 127 Å². The fraction of sp³-hybridized carbons (Fsp3) is 0.882. The summed E-state index contributed by atoms with van der Waals surface area (Å²) in [5.41, 5.74) is 0.327. The van der Waals surface area contributed by atoms with Gasteiger partial charge in [-0.25, -0.2) is 9.79 Å². The highest BCUT2D eigenvalue weighted by atomic mass is 16.5. The van der Waals surface area contributed by atoms with E-state index in [-0.39, 0.29) is 12.1 Å². The molecular formula is C17H26N2O2. The Kier molecular flexibility index (Phi) is 5.42. The molecule has 0 aliphatic heterocycles. The van der Waals surface area contributed by atoms with Crippen LogP contribution < -0.4 is 0 Å². The second kappa shape index (κ2) is 7.09. The van der Waals surface area contributed by atoms with Gasteiger partial charge in [0.25, 0.3) is 6.26 Å². The van der Waals surface area contributed by atoms with Crippen LogP contribution in [-0.4, -0.2) is 18.2 Å². The van der Waals surface area contributed by atoms with Crippen molar-refractivity contribution in [3.05, 3.63) is 0 Å². The van der Waals surface area contributed by atoms with E-state index in [9.17, 15) is 4.79 Å². The Balaban J connectivity index is 1.88. The number of rotatable bonds is 4. The zero-order chi connectivity index (χ0) is 15.3. The minimum atomic E-state index is 0.139. The molecule has 0 heterocycles. The number of carbonyl (C=O) groups excluding carboxylic acids is 1. The van der Waals surface area contributed by atoms with Crippen LogP contribution in [0.25, 0.3) is 0 Å². The van der Waals surface area contributed by atoms with Crippen LogP contribution in [0.15, 0.2) is 4.99 Å². The molecule has 2 aliphatic rings. The molecule has 0 aromatic carbocycles. The SMILES string of the molecule is CC(C)(C1CCC(N=C=O)CC1)C1CCC(OC#N)CC1. The van der Waals surface area contributed by atoms with Gasteiger partial charge in [0.05, 0.1) is 6.04 Å². The molecule has 0 amide bonds. The van der Waals surface area contributed by atoms with Crippen molar-refractivity contribution in [1.82, 2.24) is 0 Å². The first-order valence-corrected chi connectivity index (χ1v) is 8.19. The Morgan fingerprint density at radius 1 is 1.00 bits per heavy atom. The van der Waals surface area contributed by atoms with Gasteiger partial charge in [0, 0.05) is 0 Å². The lowest BCUT2D eigenvalue weighted by molar-refractivity contribution is 0.0189. The van der Waals surface area contributed by atoms with Crippen LogP contribution in [0.3, 0.4) is 0 Å². The lowest BCUT2D eigenvalue weighted by Crippen LogP contribution is -2.38. The monoisotopic (exact) mass is 290 g/mol. The third-order valence-electron chi connectivity index (χ3n) is 5.93. The number of aliphatic imine (C=N–C) groups is 1. The van der Waals surface area contributed by atoms with Crippen molar-refractivity contribution < 1.29 is 9.53 Å². The number of isocyanates is 1. The molecule has 0 radical (unpaired) electrons. The largest absolute Gasteiger partial charge is 0.424 e. The van der Waals surface area contributed by atoms with Gasteiger partial charge < -0.3 is 4.74 Å². The molecule has 4 nitrogen and oxygen atoms in total. The van der Waals surface area contributed by atoms with E-state index in [2.05, 4.69) is 18.8 Å². The first-order chi connectivity index (χ1) is 10.1. The van der Waals surface area contributed by atoms with Gasteiger partial charge >= 0.3 is 0 Å². The summed E-state index contributed by atoms with van der Waals surface area (Å²) in [5, 5.41) is 8.61. The summed E-state index contributed by atoms with van der Waals surface area (Å²) in [6.45, 7) is 4.80. The van der Waals surface area contributed by atoms with E-state index in [0.29, 0.717) is 17.3 Å². The van der Waals surface area contributed by atoms with Gasteiger partial charge in [0.2, 0.25) is 6.08 Å². The van der Waals surface area contributed by atoms with Gasteiger partial charge in [-0.05, 0) is 68.6 Å². The highest BCUT2D eigenvalue weighted by molar-refractivity contribution is 5.33. The van der Waals surface area contributed by atoms with Crippen LogP contribution in [0.1, 0.15) is 65.2 Å². The Morgan fingerprint density at radius 2 is 1.52 bits per heavy atom. The predicted octanol–water partition coefficient (Wildman–Crippen LogP) is 3.96. The van der Waals surface area contributed by atoms with Crippen molar-refractivity contribution in [3.63, 3.8) is 0 Å². The van der Waals surface area contributed by atoms with E-state index >= 15 is 0 Å². The van der Waals surface area contributed by atoms with Gasteiger partial charge in [-0.2, -0.15) is 5.26 Å². The molecule has 0 bridgehead atoms. The van der Waals surface area contributed by atoms with Crippen molar-refractivity contribution in [1.29, 1.82) is 5.26 Å². The number of hydrogen-bond acceptors (Lipinski definition) is 4. The average molecular weight is 290 g/mol. The van der Waals surface area contributed by atoms with Gasteiger partial charge in [-0.1, -0.05) is 13.8 Å². The molecule has 2 aliphatic carbocycles. The van der Waals surface area contributed by atoms with Crippen LogP contribution in [0.5, 0.6) is 0 Å². The summed E-state index contributed by atoms with van der Waals surface area (Å²) < 4.78 is 5.09. The summed E-state index contributed by atoms with van der Waals surface area (Å²) in [4.78, 5) is 14.2. The van der Waals surface area contributed by atoms with Crippen LogP contribution in [0.2, 0.25) is 0 Å². The maximum Gasteiger partial charge on any atom is 0.286 e. The molecule has 116 valence electrons. The quantitative estimate of drug-likeness (QED) is 0.447. The van der Waals surface area contributed by atoms with Crippen molar-refractivity contribution in [3.8, 4) is 6.26 Å². The van der Waals surface area contributed by atoms with Crippen LogP contribution >= 0.6 is 0 Å². The molecule has 0 saturated heterocycles. The number of nitriles is 1. The fourth-order valence-electron chi connectivity index (χ4n) is 4.36. The van der Waals surface area contributed by atoms with E-state index in [0.717, 1.165) is 51.4 Å². The Hall–Kier alpha value is -1.33. The summed E-state index contributed by atoms with van der Waals surface area (Å²) >= 11 is 0. The molecule has 4 heteroatoms. The lowest BCUT2D eigenvalue weighted by atomic mass is 9.60.